The van der Waals surface area contributed by atoms with Gasteiger partial charge in [0.15, 0.2) is 0 Å². The normalized spacial score (nSPS) is 12.5. The summed E-state index contributed by atoms with van der Waals surface area (Å²) in [7, 11) is 0. The van der Waals surface area contributed by atoms with Crippen LogP contribution >= 0.6 is 23.2 Å². The fourth-order valence-corrected chi connectivity index (χ4v) is 1.83. The zero-order chi connectivity index (χ0) is 12.4. The van der Waals surface area contributed by atoms with Gasteiger partial charge < -0.3 is 0 Å². The van der Waals surface area contributed by atoms with Gasteiger partial charge in [0.2, 0.25) is 0 Å². The summed E-state index contributed by atoms with van der Waals surface area (Å²) in [6.45, 7) is 3.74. The quantitative estimate of drug-likeness (QED) is 0.595. The van der Waals surface area contributed by atoms with Gasteiger partial charge in [0.1, 0.15) is 11.0 Å². The molecule has 1 unspecified atom stereocenters. The second kappa shape index (κ2) is 5.03. The Labute approximate surface area is 111 Å². The maximum absolute atomic E-state index is 6.10. The van der Waals surface area contributed by atoms with Gasteiger partial charge >= 0.3 is 0 Å². The summed E-state index contributed by atoms with van der Waals surface area (Å²) in [5, 5.41) is 0.205. The summed E-state index contributed by atoms with van der Waals surface area (Å²) in [6.07, 6.45) is 0. The molecule has 0 saturated heterocycles. The molecule has 1 heterocycles. The molecular weight excluding hydrogens is 255 g/mol. The fourth-order valence-electron chi connectivity index (χ4n) is 1.56. The van der Waals surface area contributed by atoms with Gasteiger partial charge in [-0.1, -0.05) is 41.9 Å². The van der Waals surface area contributed by atoms with E-state index in [1.807, 2.05) is 44.2 Å². The second-order valence-corrected chi connectivity index (χ2v) is 4.84. The summed E-state index contributed by atoms with van der Waals surface area (Å²) in [5.41, 5.74) is 2.74. The first kappa shape index (κ1) is 12.3. The Kier molecular flexibility index (Phi) is 3.65. The SMILES string of the molecule is Cc1c(Cl)nc(C(C)Cl)nc1-c1ccccc1. The monoisotopic (exact) mass is 266 g/mol. The van der Waals surface area contributed by atoms with Crippen LogP contribution in [-0.4, -0.2) is 9.97 Å². The third kappa shape index (κ3) is 2.59. The summed E-state index contributed by atoms with van der Waals surface area (Å²) in [6, 6.07) is 9.89. The fraction of sp³-hybridized carbons (Fsp3) is 0.231. The largest absolute Gasteiger partial charge is 0.231 e. The molecule has 1 aromatic carbocycles. The Morgan fingerprint density at radius 3 is 2.35 bits per heavy atom. The highest BCUT2D eigenvalue weighted by atomic mass is 35.5. The van der Waals surface area contributed by atoms with Gasteiger partial charge in [0.25, 0.3) is 0 Å². The molecule has 88 valence electrons. The van der Waals surface area contributed by atoms with Crippen molar-refractivity contribution < 1.29 is 0 Å². The van der Waals surface area contributed by atoms with E-state index in [1.165, 1.54) is 0 Å². The number of rotatable bonds is 2. The second-order valence-electron chi connectivity index (χ2n) is 3.83. The molecule has 1 aromatic heterocycles. The van der Waals surface area contributed by atoms with E-state index in [9.17, 15) is 0 Å². The molecule has 4 heteroatoms. The van der Waals surface area contributed by atoms with Crippen LogP contribution in [0, 0.1) is 6.92 Å². The van der Waals surface area contributed by atoms with Crippen LogP contribution in [0.3, 0.4) is 0 Å². The predicted octanol–water partition coefficient (Wildman–Crippen LogP) is 4.41. The minimum atomic E-state index is -0.254. The smallest absolute Gasteiger partial charge is 0.148 e. The Bertz CT molecular complexity index is 524. The Balaban J connectivity index is 2.61. The van der Waals surface area contributed by atoms with Crippen molar-refractivity contribution in [1.82, 2.24) is 9.97 Å². The van der Waals surface area contributed by atoms with Gasteiger partial charge in [-0.2, -0.15) is 0 Å². The summed E-state index contributed by atoms with van der Waals surface area (Å²) < 4.78 is 0. The van der Waals surface area contributed by atoms with E-state index in [-0.39, 0.29) is 5.38 Å². The van der Waals surface area contributed by atoms with Crippen molar-refractivity contribution in [3.63, 3.8) is 0 Å². The molecule has 0 radical (unpaired) electrons. The molecule has 0 amide bonds. The third-order valence-corrected chi connectivity index (χ3v) is 3.07. The maximum atomic E-state index is 6.10. The van der Waals surface area contributed by atoms with Crippen molar-refractivity contribution in [3.8, 4) is 11.3 Å². The highest BCUT2D eigenvalue weighted by molar-refractivity contribution is 6.30. The Morgan fingerprint density at radius 2 is 1.76 bits per heavy atom. The number of halogens is 2. The number of aromatic nitrogens is 2. The Morgan fingerprint density at radius 1 is 1.12 bits per heavy atom. The van der Waals surface area contributed by atoms with Gasteiger partial charge in [0, 0.05) is 11.1 Å². The van der Waals surface area contributed by atoms with E-state index in [1.54, 1.807) is 0 Å². The van der Waals surface area contributed by atoms with Crippen LogP contribution in [0.4, 0.5) is 0 Å². The summed E-state index contributed by atoms with van der Waals surface area (Å²) in [5.74, 6) is 0.557. The van der Waals surface area contributed by atoms with Gasteiger partial charge in [-0.3, -0.25) is 0 Å². The highest BCUT2D eigenvalue weighted by Gasteiger charge is 2.13. The molecule has 0 spiro atoms. The molecular formula is C13H12Cl2N2. The lowest BCUT2D eigenvalue weighted by Gasteiger charge is -2.10. The molecule has 0 saturated carbocycles. The van der Waals surface area contributed by atoms with E-state index in [0.717, 1.165) is 16.8 Å². The first-order valence-electron chi connectivity index (χ1n) is 5.33. The Hall–Kier alpha value is -1.12. The van der Waals surface area contributed by atoms with Crippen molar-refractivity contribution in [3.05, 3.63) is 46.9 Å². The molecule has 17 heavy (non-hydrogen) atoms. The van der Waals surface area contributed by atoms with Crippen LogP contribution in [0.1, 0.15) is 23.7 Å². The van der Waals surface area contributed by atoms with Crippen molar-refractivity contribution in [1.29, 1.82) is 0 Å². The molecule has 0 N–H and O–H groups in total. The zero-order valence-corrected chi connectivity index (χ0v) is 11.1. The van der Waals surface area contributed by atoms with Crippen LogP contribution < -0.4 is 0 Å². The number of nitrogens with zero attached hydrogens (tertiary/aromatic N) is 2. The highest BCUT2D eigenvalue weighted by Crippen LogP contribution is 2.28. The van der Waals surface area contributed by atoms with E-state index in [4.69, 9.17) is 23.2 Å². The van der Waals surface area contributed by atoms with E-state index >= 15 is 0 Å². The van der Waals surface area contributed by atoms with Crippen molar-refractivity contribution >= 4 is 23.2 Å². The molecule has 0 aliphatic heterocycles. The lowest BCUT2D eigenvalue weighted by Crippen LogP contribution is -2.01. The van der Waals surface area contributed by atoms with Crippen molar-refractivity contribution in [2.24, 2.45) is 0 Å². The molecule has 1 atom stereocenters. The first-order valence-corrected chi connectivity index (χ1v) is 6.14. The van der Waals surface area contributed by atoms with Gasteiger partial charge in [0.05, 0.1) is 11.1 Å². The van der Waals surface area contributed by atoms with Crippen molar-refractivity contribution in [2.75, 3.05) is 0 Å². The standard InChI is InChI=1S/C13H12Cl2N2/c1-8-11(10-6-4-3-5-7-10)16-13(9(2)14)17-12(8)15/h3-7,9H,1-2H3. The summed E-state index contributed by atoms with van der Waals surface area (Å²) >= 11 is 12.1. The zero-order valence-electron chi connectivity index (χ0n) is 9.61. The molecule has 0 fully saturated rings. The van der Waals surface area contributed by atoms with Gasteiger partial charge in [-0.15, -0.1) is 11.6 Å². The number of benzene rings is 1. The maximum Gasteiger partial charge on any atom is 0.148 e. The molecule has 0 aliphatic carbocycles. The van der Waals surface area contributed by atoms with Crippen LogP contribution in [-0.2, 0) is 0 Å². The average Bonchev–Trinajstić information content (AvgIpc) is 2.33. The van der Waals surface area contributed by atoms with E-state index in [0.29, 0.717) is 11.0 Å². The van der Waals surface area contributed by atoms with Crippen LogP contribution in [0.2, 0.25) is 5.15 Å². The van der Waals surface area contributed by atoms with Gasteiger partial charge in [-0.25, -0.2) is 9.97 Å². The predicted molar refractivity (Wildman–Crippen MR) is 71.5 cm³/mol. The summed E-state index contributed by atoms with van der Waals surface area (Å²) in [4.78, 5) is 8.66. The molecule has 2 aromatic rings. The molecule has 2 nitrogen and oxygen atoms in total. The van der Waals surface area contributed by atoms with Crippen molar-refractivity contribution in [2.45, 2.75) is 19.2 Å². The lowest BCUT2D eigenvalue weighted by atomic mass is 10.1. The topological polar surface area (TPSA) is 25.8 Å². The van der Waals surface area contributed by atoms with Crippen LogP contribution in [0.15, 0.2) is 30.3 Å². The number of hydrogen-bond acceptors (Lipinski definition) is 2. The number of hydrogen-bond donors (Lipinski definition) is 0. The van der Waals surface area contributed by atoms with Crippen LogP contribution in [0.25, 0.3) is 11.3 Å². The van der Waals surface area contributed by atoms with E-state index in [2.05, 4.69) is 9.97 Å². The average molecular weight is 267 g/mol. The molecule has 0 aliphatic rings. The minimum absolute atomic E-state index is 0.254. The van der Waals surface area contributed by atoms with Gasteiger partial charge in [-0.05, 0) is 13.8 Å². The molecule has 2 rings (SSSR count). The number of alkyl halides is 1. The first-order chi connectivity index (χ1) is 8.09. The lowest BCUT2D eigenvalue weighted by molar-refractivity contribution is 0.906. The minimum Gasteiger partial charge on any atom is -0.231 e. The van der Waals surface area contributed by atoms with E-state index < -0.39 is 0 Å². The third-order valence-electron chi connectivity index (χ3n) is 2.51. The van der Waals surface area contributed by atoms with Crippen LogP contribution in [0.5, 0.6) is 0 Å². The molecule has 0 bridgehead atoms.